The molecule has 3 unspecified atom stereocenters. The third kappa shape index (κ3) is 2.81. The molecule has 2 heterocycles. The fourth-order valence-corrected chi connectivity index (χ4v) is 3.86. The Hall–Kier alpha value is -0.570. The van der Waals surface area contributed by atoms with E-state index in [1.807, 2.05) is 12.1 Å². The highest BCUT2D eigenvalue weighted by molar-refractivity contribution is 6.30. The van der Waals surface area contributed by atoms with Gasteiger partial charge in [-0.3, -0.25) is 4.90 Å². The van der Waals surface area contributed by atoms with E-state index in [-0.39, 0.29) is 0 Å². The maximum atomic E-state index is 6.00. The molecule has 104 valence electrons. The Morgan fingerprint density at radius 2 is 2.00 bits per heavy atom. The minimum Gasteiger partial charge on any atom is -0.316 e. The van der Waals surface area contributed by atoms with E-state index in [2.05, 4.69) is 29.3 Å². The summed E-state index contributed by atoms with van der Waals surface area (Å²) in [4.78, 5) is 2.68. The van der Waals surface area contributed by atoms with Crippen molar-refractivity contribution in [3.8, 4) is 0 Å². The standard InChI is InChI=1S/C16H23ClN2/c1-2-16(12-3-5-15(17)6-4-12)19-8-7-13-9-18-10-14(13)11-19/h3-6,13-14,16,18H,2,7-11H2,1H3. The van der Waals surface area contributed by atoms with Crippen molar-refractivity contribution in [3.63, 3.8) is 0 Å². The van der Waals surface area contributed by atoms with Gasteiger partial charge in [-0.1, -0.05) is 30.7 Å². The zero-order chi connectivity index (χ0) is 13.2. The van der Waals surface area contributed by atoms with Crippen LogP contribution in [0.25, 0.3) is 0 Å². The lowest BCUT2D eigenvalue weighted by molar-refractivity contribution is 0.101. The van der Waals surface area contributed by atoms with Crippen LogP contribution >= 0.6 is 11.6 Å². The Morgan fingerprint density at radius 3 is 2.74 bits per heavy atom. The molecule has 2 aliphatic rings. The van der Waals surface area contributed by atoms with Gasteiger partial charge in [-0.15, -0.1) is 0 Å². The largest absolute Gasteiger partial charge is 0.316 e. The minimum atomic E-state index is 0.554. The molecule has 0 aliphatic carbocycles. The molecule has 2 nitrogen and oxygen atoms in total. The molecule has 1 aromatic carbocycles. The van der Waals surface area contributed by atoms with E-state index in [9.17, 15) is 0 Å². The Bertz CT molecular complexity index is 417. The second-order valence-corrected chi connectivity index (χ2v) is 6.37. The molecule has 2 fully saturated rings. The smallest absolute Gasteiger partial charge is 0.0406 e. The lowest BCUT2D eigenvalue weighted by atomic mass is 9.87. The van der Waals surface area contributed by atoms with Crippen LogP contribution < -0.4 is 5.32 Å². The predicted octanol–water partition coefficient (Wildman–Crippen LogP) is 3.33. The van der Waals surface area contributed by atoms with Crippen molar-refractivity contribution in [1.82, 2.24) is 10.2 Å². The lowest BCUT2D eigenvalue weighted by Gasteiger charge is -2.39. The van der Waals surface area contributed by atoms with Gasteiger partial charge in [0.25, 0.3) is 0 Å². The molecule has 0 saturated carbocycles. The van der Waals surface area contributed by atoms with Crippen LogP contribution in [0.1, 0.15) is 31.4 Å². The first kappa shape index (κ1) is 13.4. The van der Waals surface area contributed by atoms with Gasteiger partial charge in [0.2, 0.25) is 0 Å². The Labute approximate surface area is 121 Å². The van der Waals surface area contributed by atoms with Gasteiger partial charge in [0.1, 0.15) is 0 Å². The topological polar surface area (TPSA) is 15.3 Å². The summed E-state index contributed by atoms with van der Waals surface area (Å²) in [6, 6.07) is 8.97. The van der Waals surface area contributed by atoms with Gasteiger partial charge in [0, 0.05) is 17.6 Å². The van der Waals surface area contributed by atoms with E-state index in [4.69, 9.17) is 11.6 Å². The molecule has 2 aliphatic heterocycles. The molecule has 1 N–H and O–H groups in total. The van der Waals surface area contributed by atoms with Crippen molar-refractivity contribution < 1.29 is 0 Å². The monoisotopic (exact) mass is 278 g/mol. The van der Waals surface area contributed by atoms with Gasteiger partial charge in [-0.25, -0.2) is 0 Å². The highest BCUT2D eigenvalue weighted by atomic mass is 35.5. The van der Waals surface area contributed by atoms with E-state index in [1.165, 1.54) is 44.6 Å². The molecule has 19 heavy (non-hydrogen) atoms. The molecule has 0 bridgehead atoms. The van der Waals surface area contributed by atoms with E-state index in [0.29, 0.717) is 6.04 Å². The number of hydrogen-bond donors (Lipinski definition) is 1. The van der Waals surface area contributed by atoms with Crippen molar-refractivity contribution in [2.75, 3.05) is 26.2 Å². The van der Waals surface area contributed by atoms with Gasteiger partial charge in [0.05, 0.1) is 0 Å². The summed E-state index contributed by atoms with van der Waals surface area (Å²) in [5.74, 6) is 1.77. The van der Waals surface area contributed by atoms with Crippen molar-refractivity contribution in [1.29, 1.82) is 0 Å². The number of halogens is 1. The third-order valence-electron chi connectivity index (χ3n) is 4.82. The maximum Gasteiger partial charge on any atom is 0.0406 e. The number of nitrogens with one attached hydrogen (secondary N) is 1. The summed E-state index contributed by atoms with van der Waals surface area (Å²) in [6.45, 7) is 7.22. The minimum absolute atomic E-state index is 0.554. The molecular weight excluding hydrogens is 256 g/mol. The van der Waals surface area contributed by atoms with Crippen molar-refractivity contribution in [2.45, 2.75) is 25.8 Å². The maximum absolute atomic E-state index is 6.00. The van der Waals surface area contributed by atoms with Gasteiger partial charge >= 0.3 is 0 Å². The summed E-state index contributed by atoms with van der Waals surface area (Å²) < 4.78 is 0. The number of piperidine rings is 1. The second kappa shape index (κ2) is 5.82. The summed E-state index contributed by atoms with van der Waals surface area (Å²) in [6.07, 6.45) is 2.52. The molecule has 3 heteroatoms. The molecule has 0 aromatic heterocycles. The second-order valence-electron chi connectivity index (χ2n) is 5.94. The van der Waals surface area contributed by atoms with E-state index >= 15 is 0 Å². The number of nitrogens with zero attached hydrogens (tertiary/aromatic N) is 1. The quantitative estimate of drug-likeness (QED) is 0.912. The normalized spacial score (nSPS) is 29.2. The van der Waals surface area contributed by atoms with Crippen LogP contribution in [0, 0.1) is 11.8 Å². The molecule has 2 saturated heterocycles. The van der Waals surface area contributed by atoms with Gasteiger partial charge in [-0.05, 0) is 62.0 Å². The van der Waals surface area contributed by atoms with E-state index < -0.39 is 0 Å². The SMILES string of the molecule is CCC(c1ccc(Cl)cc1)N1CCC2CNCC2C1. The first-order chi connectivity index (χ1) is 9.28. The van der Waals surface area contributed by atoms with Crippen molar-refractivity contribution in [2.24, 2.45) is 11.8 Å². The first-order valence-corrected chi connectivity index (χ1v) is 7.86. The summed E-state index contributed by atoms with van der Waals surface area (Å²) in [5.41, 5.74) is 1.41. The van der Waals surface area contributed by atoms with Crippen LogP contribution in [0.2, 0.25) is 5.02 Å². The van der Waals surface area contributed by atoms with Crippen molar-refractivity contribution >= 4 is 11.6 Å². The third-order valence-corrected chi connectivity index (χ3v) is 5.07. The molecular formula is C16H23ClN2. The average molecular weight is 279 g/mol. The Balaban J connectivity index is 1.73. The lowest BCUT2D eigenvalue weighted by Crippen LogP contribution is -2.41. The van der Waals surface area contributed by atoms with Crippen LogP contribution in [0.15, 0.2) is 24.3 Å². The van der Waals surface area contributed by atoms with Crippen LogP contribution in [0.4, 0.5) is 0 Å². The fraction of sp³-hybridized carbons (Fsp3) is 0.625. The van der Waals surface area contributed by atoms with E-state index in [0.717, 1.165) is 16.9 Å². The Kier molecular flexibility index (Phi) is 4.11. The van der Waals surface area contributed by atoms with Gasteiger partial charge < -0.3 is 5.32 Å². The average Bonchev–Trinajstić information content (AvgIpc) is 2.89. The summed E-state index contributed by atoms with van der Waals surface area (Å²) in [7, 11) is 0. The van der Waals surface area contributed by atoms with Crippen molar-refractivity contribution in [3.05, 3.63) is 34.9 Å². The summed E-state index contributed by atoms with van der Waals surface area (Å²) >= 11 is 6.00. The summed E-state index contributed by atoms with van der Waals surface area (Å²) in [5, 5.41) is 4.38. The molecule has 3 atom stereocenters. The Morgan fingerprint density at radius 1 is 1.26 bits per heavy atom. The van der Waals surface area contributed by atoms with E-state index in [1.54, 1.807) is 0 Å². The highest BCUT2D eigenvalue weighted by Gasteiger charge is 2.35. The number of rotatable bonds is 3. The molecule has 0 spiro atoms. The fourth-order valence-electron chi connectivity index (χ4n) is 3.74. The molecule has 0 radical (unpaired) electrons. The van der Waals surface area contributed by atoms with Crippen LogP contribution in [0.3, 0.4) is 0 Å². The highest BCUT2D eigenvalue weighted by Crippen LogP contribution is 2.33. The number of hydrogen-bond acceptors (Lipinski definition) is 2. The molecule has 3 rings (SSSR count). The van der Waals surface area contributed by atoms with Crippen LogP contribution in [0.5, 0.6) is 0 Å². The number of likely N-dealkylation sites (tertiary alicyclic amines) is 1. The predicted molar refractivity (Wildman–Crippen MR) is 80.5 cm³/mol. The first-order valence-electron chi connectivity index (χ1n) is 7.48. The van der Waals surface area contributed by atoms with Crippen LogP contribution in [-0.2, 0) is 0 Å². The molecule has 0 amide bonds. The number of fused-ring (bicyclic) bond motifs is 1. The van der Waals surface area contributed by atoms with Crippen LogP contribution in [-0.4, -0.2) is 31.1 Å². The van der Waals surface area contributed by atoms with Gasteiger partial charge in [0.15, 0.2) is 0 Å². The molecule has 1 aromatic rings. The number of benzene rings is 1. The zero-order valence-electron chi connectivity index (χ0n) is 11.6. The van der Waals surface area contributed by atoms with Gasteiger partial charge in [-0.2, -0.15) is 0 Å². The zero-order valence-corrected chi connectivity index (χ0v) is 12.4.